The van der Waals surface area contributed by atoms with Crippen LogP contribution in [0.15, 0.2) is 12.1 Å². The van der Waals surface area contributed by atoms with Crippen molar-refractivity contribution in [2.45, 2.75) is 82.1 Å². The first-order chi connectivity index (χ1) is 25.2. The van der Waals surface area contributed by atoms with Crippen molar-refractivity contribution in [2.75, 3.05) is 57.1 Å². The third-order valence-electron chi connectivity index (χ3n) is 11.4. The lowest BCUT2D eigenvalue weighted by molar-refractivity contribution is 0.0740. The second-order valence-corrected chi connectivity index (χ2v) is 15.5. The lowest BCUT2D eigenvalue weighted by Gasteiger charge is -2.42. The van der Waals surface area contributed by atoms with E-state index in [4.69, 9.17) is 20.2 Å². The zero-order chi connectivity index (χ0) is 36.3. The van der Waals surface area contributed by atoms with Crippen LogP contribution in [0, 0.1) is 23.0 Å². The number of thiophene rings is 1. The predicted molar refractivity (Wildman–Crippen MR) is 192 cm³/mol. The summed E-state index contributed by atoms with van der Waals surface area (Å²) in [7, 11) is 1.42. The first-order valence-electron chi connectivity index (χ1n) is 18.0. The molecule has 0 radical (unpaired) electrons. The van der Waals surface area contributed by atoms with Crippen molar-refractivity contribution in [2.24, 2.45) is 0 Å². The molecule has 5 unspecified atom stereocenters. The van der Waals surface area contributed by atoms with Crippen molar-refractivity contribution in [3.63, 3.8) is 0 Å². The van der Waals surface area contributed by atoms with E-state index in [1.165, 1.54) is 26.0 Å². The summed E-state index contributed by atoms with van der Waals surface area (Å²) in [5, 5.41) is 30.0. The molecule has 5 atom stereocenters. The molecule has 7 heterocycles. The second-order valence-electron chi connectivity index (χ2n) is 14.4. The monoisotopic (exact) mass is 737 g/mol. The molecule has 5 aliphatic rings. The normalized spacial score (nSPS) is 24.6. The number of aromatic nitrogens is 2. The number of piperazine rings is 1. The van der Waals surface area contributed by atoms with Crippen molar-refractivity contribution in [3.05, 3.63) is 40.5 Å². The van der Waals surface area contributed by atoms with E-state index in [9.17, 15) is 19.9 Å². The summed E-state index contributed by atoms with van der Waals surface area (Å²) in [4.78, 5) is 16.0. The number of ether oxygens (including phenoxy) is 2. The largest absolute Gasteiger partial charge is 0.467 e. The molecule has 11 nitrogen and oxygen atoms in total. The number of hydrogen-bond acceptors (Lipinski definition) is 12. The van der Waals surface area contributed by atoms with E-state index in [0.717, 1.165) is 50.2 Å². The number of anilines is 2. The highest BCUT2D eigenvalue weighted by molar-refractivity contribution is 7.23. The van der Waals surface area contributed by atoms with E-state index in [0.29, 0.717) is 52.6 Å². The van der Waals surface area contributed by atoms with Gasteiger partial charge in [-0.25, -0.2) is 13.2 Å². The molecule has 4 fully saturated rings. The summed E-state index contributed by atoms with van der Waals surface area (Å²) in [5.74, 6) is -0.839. The van der Waals surface area contributed by atoms with Gasteiger partial charge in [0, 0.05) is 65.5 Å². The molecular weight excluding hydrogens is 696 g/mol. The van der Waals surface area contributed by atoms with Gasteiger partial charge in [-0.05, 0) is 68.3 Å². The molecule has 5 aliphatic heterocycles. The van der Waals surface area contributed by atoms with Crippen LogP contribution in [0.2, 0.25) is 0 Å². The molecule has 0 amide bonds. The van der Waals surface area contributed by atoms with Crippen molar-refractivity contribution >= 4 is 43.1 Å². The smallest absolute Gasteiger partial charge is 0.318 e. The minimum atomic E-state index is -0.754. The summed E-state index contributed by atoms with van der Waals surface area (Å²) in [5.41, 5.74) is 7.41. The van der Waals surface area contributed by atoms with Gasteiger partial charge in [0.1, 0.15) is 34.4 Å². The van der Waals surface area contributed by atoms with Gasteiger partial charge >= 0.3 is 6.01 Å². The number of alkyl halides is 1. The molecule has 52 heavy (non-hydrogen) atoms. The van der Waals surface area contributed by atoms with Crippen LogP contribution in [0.5, 0.6) is 6.01 Å². The lowest BCUT2D eigenvalue weighted by Crippen LogP contribution is -2.54. The molecule has 2 aromatic carbocycles. The molecule has 4 N–H and O–H groups in total. The number of aliphatic hydroxyl groups is 2. The minimum Gasteiger partial charge on any atom is -0.467 e. The number of fused-ring (bicyclic) bond motifs is 7. The Morgan fingerprint density at radius 2 is 1.85 bits per heavy atom. The molecule has 9 rings (SSSR count). The number of likely N-dealkylation sites (tertiary alicyclic amines) is 1. The summed E-state index contributed by atoms with van der Waals surface area (Å²) < 4.78 is 57.2. The number of nitrogen functional groups attached to an aromatic ring is 1. The molecule has 0 spiro atoms. The van der Waals surface area contributed by atoms with E-state index < -0.39 is 23.9 Å². The maximum absolute atomic E-state index is 17.0. The maximum atomic E-state index is 17.0. The molecule has 4 aromatic rings. The van der Waals surface area contributed by atoms with Gasteiger partial charge in [0.2, 0.25) is 0 Å². The van der Waals surface area contributed by atoms with Crippen LogP contribution in [0.1, 0.15) is 55.2 Å². The highest BCUT2D eigenvalue weighted by atomic mass is 32.1. The number of nitrogens with two attached hydrogens (primary N) is 1. The average molecular weight is 738 g/mol. The van der Waals surface area contributed by atoms with Crippen LogP contribution in [-0.2, 0) is 18.0 Å². The van der Waals surface area contributed by atoms with Crippen molar-refractivity contribution in [3.8, 4) is 23.2 Å². The first-order valence-corrected chi connectivity index (χ1v) is 18.8. The minimum absolute atomic E-state index is 0.00437. The summed E-state index contributed by atoms with van der Waals surface area (Å²) in [6.07, 6.45) is 4.37. The quantitative estimate of drug-likeness (QED) is 0.239. The standard InChI is InChI=1S/C30H30F2N6O4S.C7H12FN/c1-41-30-35-27-24(29(36-30)38-14-2-3-15(38)10-37(9-14)7-6-16(40)11-39)19-13-42-12-18(19)23(26(27)32)25-20(31)4-5-21-22(25)17(8-33)28(34)43-21;8-6-4-7-2-1-3-9(7)5-6/h4-5,14-16,39-40H,2-3,6-7,9-13,34H2,1H3;6-7H,1-5H2. The zero-order valence-electron chi connectivity index (χ0n) is 29.0. The van der Waals surface area contributed by atoms with E-state index in [-0.39, 0.29) is 70.5 Å². The molecule has 2 bridgehead atoms. The Morgan fingerprint density at radius 1 is 1.08 bits per heavy atom. The van der Waals surface area contributed by atoms with Gasteiger partial charge in [0.05, 0.1) is 44.0 Å². The van der Waals surface area contributed by atoms with Crippen LogP contribution >= 0.6 is 11.3 Å². The van der Waals surface area contributed by atoms with E-state index in [1.807, 2.05) is 0 Å². The topological polar surface area (TPSA) is 144 Å². The zero-order valence-corrected chi connectivity index (χ0v) is 29.8. The molecule has 0 aliphatic carbocycles. The Labute approximate surface area is 303 Å². The number of rotatable bonds is 7. The van der Waals surface area contributed by atoms with Gasteiger partial charge in [-0.1, -0.05) is 0 Å². The third-order valence-corrected chi connectivity index (χ3v) is 12.4. The molecule has 4 saturated heterocycles. The van der Waals surface area contributed by atoms with Gasteiger partial charge in [-0.2, -0.15) is 15.2 Å². The number of methoxy groups -OCH3 is 1. The van der Waals surface area contributed by atoms with E-state index >= 15 is 8.78 Å². The number of halogens is 3. The van der Waals surface area contributed by atoms with Crippen LogP contribution in [0.4, 0.5) is 24.0 Å². The first kappa shape index (κ1) is 35.3. The number of hydrogen-bond donors (Lipinski definition) is 3. The molecule has 2 aromatic heterocycles. The summed E-state index contributed by atoms with van der Waals surface area (Å²) in [6.45, 7) is 3.94. The number of benzene rings is 2. The van der Waals surface area contributed by atoms with Crippen LogP contribution in [0.3, 0.4) is 0 Å². The van der Waals surface area contributed by atoms with Crippen molar-refractivity contribution < 1.29 is 32.9 Å². The fraction of sp³-hybridized carbons (Fsp3) is 0.541. The third kappa shape index (κ3) is 6.03. The average Bonchev–Trinajstić information content (AvgIpc) is 3.97. The van der Waals surface area contributed by atoms with Crippen LogP contribution < -0.4 is 15.4 Å². The van der Waals surface area contributed by atoms with Crippen LogP contribution in [-0.4, -0.2) is 107 Å². The highest BCUT2D eigenvalue weighted by Crippen LogP contribution is 2.49. The van der Waals surface area contributed by atoms with Crippen molar-refractivity contribution in [1.82, 2.24) is 19.8 Å². The predicted octanol–water partition coefficient (Wildman–Crippen LogP) is 4.87. The number of nitriles is 1. The Bertz CT molecular complexity index is 2030. The van der Waals surface area contributed by atoms with Gasteiger partial charge in [-0.3, -0.25) is 9.80 Å². The van der Waals surface area contributed by atoms with E-state index in [2.05, 4.69) is 25.8 Å². The second kappa shape index (κ2) is 14.2. The summed E-state index contributed by atoms with van der Waals surface area (Å²) >= 11 is 1.16. The van der Waals surface area contributed by atoms with E-state index in [1.54, 1.807) is 6.07 Å². The molecule has 276 valence electrons. The van der Waals surface area contributed by atoms with Gasteiger partial charge in [-0.15, -0.1) is 11.3 Å². The SMILES string of the molecule is COc1nc(N2C3CCC2CN(CCC(O)CO)C3)c2c3c(c(-c4c(F)ccc5sc(N)c(C#N)c45)c(F)c2n1)COC3.FC1CC2CCCN2C1. The number of nitrogens with zero attached hydrogens (tertiary/aromatic N) is 6. The molecule has 0 saturated carbocycles. The maximum Gasteiger partial charge on any atom is 0.318 e. The Morgan fingerprint density at radius 3 is 2.56 bits per heavy atom. The lowest BCUT2D eigenvalue weighted by atomic mass is 9.90. The number of aliphatic hydroxyl groups excluding tert-OH is 2. The van der Waals surface area contributed by atoms with Gasteiger partial charge in [0.15, 0.2) is 5.82 Å². The van der Waals surface area contributed by atoms with Gasteiger partial charge in [0.25, 0.3) is 0 Å². The fourth-order valence-electron chi connectivity index (χ4n) is 9.04. The molecular formula is C37H42F3N7O4S. The summed E-state index contributed by atoms with van der Waals surface area (Å²) in [6, 6.07) is 5.67. The fourth-order valence-corrected chi connectivity index (χ4v) is 9.97. The highest BCUT2D eigenvalue weighted by Gasteiger charge is 2.43. The van der Waals surface area contributed by atoms with Crippen molar-refractivity contribution in [1.29, 1.82) is 5.26 Å². The van der Waals surface area contributed by atoms with Crippen LogP contribution in [0.25, 0.3) is 32.1 Å². The Hall–Kier alpha value is -3.78. The Balaban J connectivity index is 0.000000372. The Kier molecular flexibility index (Phi) is 9.64. The molecule has 15 heteroatoms. The van der Waals surface area contributed by atoms with Gasteiger partial charge < -0.3 is 30.3 Å².